The van der Waals surface area contributed by atoms with Gasteiger partial charge in [-0.15, -0.1) is 0 Å². The Morgan fingerprint density at radius 3 is 2.04 bits per heavy atom. The van der Waals surface area contributed by atoms with E-state index in [1.54, 1.807) is 37.3 Å². The maximum Gasteiger partial charge on any atom is 0.264 e. The van der Waals surface area contributed by atoms with E-state index in [9.17, 15) is 18.0 Å². The minimum absolute atomic E-state index is 0.102. The lowest BCUT2D eigenvalue weighted by atomic mass is 10.1. The number of ether oxygens (including phenoxy) is 2. The first kappa shape index (κ1) is 36.0. The molecule has 1 N–H and O–H groups in total. The zero-order valence-electron chi connectivity index (χ0n) is 26.7. The molecular formula is C33H41Cl2N3O6S. The van der Waals surface area contributed by atoms with Crippen LogP contribution < -0.4 is 19.1 Å². The van der Waals surface area contributed by atoms with Crippen LogP contribution in [0.1, 0.15) is 43.9 Å². The Labute approximate surface area is 276 Å². The van der Waals surface area contributed by atoms with Crippen LogP contribution in [-0.2, 0) is 26.2 Å². The first-order valence-corrected chi connectivity index (χ1v) is 16.8. The molecule has 45 heavy (non-hydrogen) atoms. The van der Waals surface area contributed by atoms with Crippen molar-refractivity contribution in [3.05, 3.63) is 81.3 Å². The smallest absolute Gasteiger partial charge is 0.264 e. The molecule has 2 amide bonds. The molecule has 3 rings (SSSR count). The van der Waals surface area contributed by atoms with Crippen LogP contribution in [0.4, 0.5) is 5.69 Å². The number of hydrogen-bond acceptors (Lipinski definition) is 6. The average molecular weight is 679 g/mol. The Balaban J connectivity index is 2.16. The Morgan fingerprint density at radius 1 is 0.911 bits per heavy atom. The van der Waals surface area contributed by atoms with Crippen LogP contribution in [0.3, 0.4) is 0 Å². The largest absolute Gasteiger partial charge is 0.493 e. The molecule has 0 spiro atoms. The lowest BCUT2D eigenvalue weighted by molar-refractivity contribution is -0.140. The Bertz CT molecular complexity index is 1590. The van der Waals surface area contributed by atoms with E-state index >= 15 is 0 Å². The number of aryl methyl sites for hydroxylation is 2. The van der Waals surface area contributed by atoms with E-state index in [2.05, 4.69) is 5.32 Å². The van der Waals surface area contributed by atoms with Gasteiger partial charge in [-0.3, -0.25) is 13.9 Å². The number of methoxy groups -OCH3 is 2. The van der Waals surface area contributed by atoms with Gasteiger partial charge in [0.25, 0.3) is 10.0 Å². The maximum atomic E-state index is 14.4. The molecule has 1 atom stereocenters. The first-order chi connectivity index (χ1) is 21.2. The van der Waals surface area contributed by atoms with Crippen LogP contribution in [0.2, 0.25) is 10.0 Å². The summed E-state index contributed by atoms with van der Waals surface area (Å²) in [4.78, 5) is 29.1. The van der Waals surface area contributed by atoms with Crippen molar-refractivity contribution >= 4 is 50.7 Å². The second-order valence-corrected chi connectivity index (χ2v) is 13.8. The first-order valence-electron chi connectivity index (χ1n) is 14.6. The van der Waals surface area contributed by atoms with Crippen molar-refractivity contribution in [2.45, 2.75) is 58.5 Å². The third kappa shape index (κ3) is 8.83. The summed E-state index contributed by atoms with van der Waals surface area (Å²) in [6, 6.07) is 13.6. The molecule has 0 aromatic heterocycles. The van der Waals surface area contributed by atoms with Gasteiger partial charge in [0, 0.05) is 34.8 Å². The fourth-order valence-electron chi connectivity index (χ4n) is 4.92. The lowest BCUT2D eigenvalue weighted by Crippen LogP contribution is -2.52. The number of benzene rings is 3. The summed E-state index contributed by atoms with van der Waals surface area (Å²) < 4.78 is 40.4. The Hall–Kier alpha value is -3.47. The number of halogens is 2. The molecule has 3 aromatic rings. The second kappa shape index (κ2) is 15.7. The highest BCUT2D eigenvalue weighted by Crippen LogP contribution is 2.33. The van der Waals surface area contributed by atoms with Crippen LogP contribution in [0, 0.1) is 19.8 Å². The predicted octanol–water partition coefficient (Wildman–Crippen LogP) is 6.40. The molecule has 0 radical (unpaired) electrons. The lowest BCUT2D eigenvalue weighted by Gasteiger charge is -2.34. The van der Waals surface area contributed by atoms with Gasteiger partial charge >= 0.3 is 0 Å². The van der Waals surface area contributed by atoms with Crippen LogP contribution >= 0.6 is 23.2 Å². The van der Waals surface area contributed by atoms with Crippen LogP contribution in [0.5, 0.6) is 11.5 Å². The molecule has 0 fully saturated rings. The average Bonchev–Trinajstić information content (AvgIpc) is 2.98. The molecule has 0 aliphatic heterocycles. The number of carbonyl (C=O) groups excluding carboxylic acids is 2. The highest BCUT2D eigenvalue weighted by molar-refractivity contribution is 7.92. The quantitative estimate of drug-likeness (QED) is 0.212. The molecule has 0 bridgehead atoms. The van der Waals surface area contributed by atoms with Crippen molar-refractivity contribution in [3.8, 4) is 11.5 Å². The highest BCUT2D eigenvalue weighted by Gasteiger charge is 2.35. The van der Waals surface area contributed by atoms with Crippen LogP contribution in [0.25, 0.3) is 0 Å². The van der Waals surface area contributed by atoms with Gasteiger partial charge in [0.05, 0.1) is 24.8 Å². The second-order valence-electron chi connectivity index (χ2n) is 11.2. The van der Waals surface area contributed by atoms with Gasteiger partial charge in [-0.2, -0.15) is 0 Å². The summed E-state index contributed by atoms with van der Waals surface area (Å²) in [5.41, 5.74) is 2.36. The monoisotopic (exact) mass is 677 g/mol. The zero-order chi connectivity index (χ0) is 33.5. The Kier molecular flexibility index (Phi) is 12.6. The summed E-state index contributed by atoms with van der Waals surface area (Å²) in [5.74, 6) is -0.218. The van der Waals surface area contributed by atoms with Gasteiger partial charge < -0.3 is 19.7 Å². The fraction of sp³-hybridized carbons (Fsp3) is 0.394. The number of nitrogens with zero attached hydrogens (tertiary/aromatic N) is 2. The van der Waals surface area contributed by atoms with E-state index in [1.807, 2.05) is 33.8 Å². The predicted molar refractivity (Wildman–Crippen MR) is 179 cm³/mol. The number of amides is 2. The van der Waals surface area contributed by atoms with Gasteiger partial charge in [0.15, 0.2) is 11.5 Å². The number of nitrogens with one attached hydrogen (secondary N) is 1. The standard InChI is InChI=1S/C33H41Cl2N3O6S/c1-8-29(33(40)36-18-21(2)3)37(19-26-27(34)10-9-11-28(26)35)32(39)20-38(24-15-22(4)14-23(5)16-24)45(41,42)25-12-13-30(43-6)31(17-25)44-7/h9-17,21,29H,8,18-20H2,1-7H3,(H,36,40)/t29-/m1/s1. The summed E-state index contributed by atoms with van der Waals surface area (Å²) in [6.45, 7) is 9.11. The van der Waals surface area contributed by atoms with E-state index in [1.165, 1.54) is 37.3 Å². The van der Waals surface area contributed by atoms with Crippen LogP contribution in [0.15, 0.2) is 59.5 Å². The van der Waals surface area contributed by atoms with Gasteiger partial charge in [0.2, 0.25) is 11.8 Å². The van der Waals surface area contributed by atoms with E-state index < -0.39 is 28.5 Å². The van der Waals surface area contributed by atoms with Gasteiger partial charge in [-0.25, -0.2) is 8.42 Å². The fourth-order valence-corrected chi connectivity index (χ4v) is 6.85. The van der Waals surface area contributed by atoms with E-state index in [0.29, 0.717) is 33.6 Å². The Morgan fingerprint density at radius 2 is 1.51 bits per heavy atom. The summed E-state index contributed by atoms with van der Waals surface area (Å²) in [6.07, 6.45) is 0.268. The molecule has 9 nitrogen and oxygen atoms in total. The molecule has 12 heteroatoms. The number of sulfonamides is 1. The zero-order valence-corrected chi connectivity index (χ0v) is 29.0. The molecule has 0 heterocycles. The molecule has 3 aromatic carbocycles. The van der Waals surface area contributed by atoms with E-state index in [4.69, 9.17) is 32.7 Å². The van der Waals surface area contributed by atoms with E-state index in [0.717, 1.165) is 15.4 Å². The summed E-state index contributed by atoms with van der Waals surface area (Å²) in [5, 5.41) is 3.55. The number of anilines is 1. The highest BCUT2D eigenvalue weighted by atomic mass is 35.5. The third-order valence-corrected chi connectivity index (χ3v) is 9.65. The molecular weight excluding hydrogens is 637 g/mol. The van der Waals surface area contributed by atoms with Gasteiger partial charge in [0.1, 0.15) is 12.6 Å². The van der Waals surface area contributed by atoms with Crippen molar-refractivity contribution in [1.29, 1.82) is 0 Å². The van der Waals surface area contributed by atoms with Gasteiger partial charge in [-0.1, -0.05) is 56.1 Å². The number of rotatable bonds is 14. The van der Waals surface area contributed by atoms with Gasteiger partial charge in [-0.05, 0) is 73.7 Å². The SMILES string of the molecule is CC[C@H](C(=O)NCC(C)C)N(Cc1c(Cl)cccc1Cl)C(=O)CN(c1cc(C)cc(C)c1)S(=O)(=O)c1ccc(OC)c(OC)c1. The maximum absolute atomic E-state index is 14.4. The summed E-state index contributed by atoms with van der Waals surface area (Å²) >= 11 is 13.0. The minimum Gasteiger partial charge on any atom is -0.493 e. The van der Waals surface area contributed by atoms with E-state index in [-0.39, 0.29) is 35.4 Å². The number of hydrogen-bond donors (Lipinski definition) is 1. The van der Waals surface area contributed by atoms with Crippen molar-refractivity contribution in [3.63, 3.8) is 0 Å². The molecule has 0 saturated heterocycles. The third-order valence-electron chi connectivity index (χ3n) is 7.18. The van der Waals surface area contributed by atoms with Crippen molar-refractivity contribution in [1.82, 2.24) is 10.2 Å². The topological polar surface area (TPSA) is 105 Å². The number of carbonyl (C=O) groups is 2. The van der Waals surface area contributed by atoms with Crippen molar-refractivity contribution in [2.75, 3.05) is 31.6 Å². The normalized spacial score (nSPS) is 12.0. The van der Waals surface area contributed by atoms with Crippen molar-refractivity contribution in [2.24, 2.45) is 5.92 Å². The molecule has 0 aliphatic rings. The molecule has 244 valence electrons. The summed E-state index contributed by atoms with van der Waals surface area (Å²) in [7, 11) is -1.48. The molecule has 0 saturated carbocycles. The minimum atomic E-state index is -4.34. The molecule has 0 aliphatic carbocycles. The molecule has 0 unspecified atom stereocenters. The van der Waals surface area contributed by atoms with Crippen LogP contribution in [-0.4, -0.2) is 58.5 Å². The van der Waals surface area contributed by atoms with Crippen molar-refractivity contribution < 1.29 is 27.5 Å².